The zero-order chi connectivity index (χ0) is 16.1. The number of ether oxygens (including phenoxy) is 3. The van der Waals surface area contributed by atoms with Crippen molar-refractivity contribution in [2.24, 2.45) is 0 Å². The molecule has 0 aromatic heterocycles. The van der Waals surface area contributed by atoms with Crippen molar-refractivity contribution in [2.45, 2.75) is 12.8 Å². The summed E-state index contributed by atoms with van der Waals surface area (Å²) in [5.74, 6) is 2.26. The number of anilines is 1. The third kappa shape index (κ3) is 3.94. The van der Waals surface area contributed by atoms with Gasteiger partial charge in [-0.05, 0) is 48.4 Å². The number of benzene rings is 2. The molecule has 0 saturated carbocycles. The summed E-state index contributed by atoms with van der Waals surface area (Å²) < 4.78 is 16.1. The largest absolute Gasteiger partial charge is 0.497 e. The van der Waals surface area contributed by atoms with Crippen molar-refractivity contribution in [3.8, 4) is 17.2 Å². The first-order valence-corrected chi connectivity index (χ1v) is 7.57. The molecule has 0 unspecified atom stereocenters. The Bertz CT molecular complexity index is 682. The smallest absolute Gasteiger partial charge is 0.224 e. The van der Waals surface area contributed by atoms with Crippen LogP contribution in [0.3, 0.4) is 0 Å². The molecule has 5 heteroatoms. The van der Waals surface area contributed by atoms with Crippen LogP contribution in [0.1, 0.15) is 12.0 Å². The van der Waals surface area contributed by atoms with Gasteiger partial charge in [0.1, 0.15) is 19.0 Å². The van der Waals surface area contributed by atoms with Crippen LogP contribution < -0.4 is 19.5 Å². The molecule has 1 aliphatic heterocycles. The Morgan fingerprint density at radius 1 is 1.09 bits per heavy atom. The summed E-state index contributed by atoms with van der Waals surface area (Å²) >= 11 is 0. The molecule has 2 aromatic carbocycles. The average Bonchev–Trinajstić information content (AvgIpc) is 2.60. The predicted molar refractivity (Wildman–Crippen MR) is 87.4 cm³/mol. The highest BCUT2D eigenvalue weighted by atomic mass is 16.6. The number of aryl methyl sites for hydroxylation is 1. The number of nitrogens with one attached hydrogen (secondary N) is 1. The first-order valence-electron chi connectivity index (χ1n) is 7.57. The van der Waals surface area contributed by atoms with E-state index in [4.69, 9.17) is 14.2 Å². The van der Waals surface area contributed by atoms with E-state index in [1.165, 1.54) is 0 Å². The second-order valence-corrected chi connectivity index (χ2v) is 5.25. The van der Waals surface area contributed by atoms with E-state index in [1.54, 1.807) is 7.11 Å². The quantitative estimate of drug-likeness (QED) is 0.922. The lowest BCUT2D eigenvalue weighted by molar-refractivity contribution is -0.116. The topological polar surface area (TPSA) is 56.8 Å². The molecule has 0 bridgehead atoms. The van der Waals surface area contributed by atoms with E-state index in [0.29, 0.717) is 26.1 Å². The van der Waals surface area contributed by atoms with E-state index in [1.807, 2.05) is 42.5 Å². The van der Waals surface area contributed by atoms with Crippen LogP contribution in [0.15, 0.2) is 42.5 Å². The van der Waals surface area contributed by atoms with Crippen LogP contribution in [0.4, 0.5) is 5.69 Å². The van der Waals surface area contributed by atoms with Gasteiger partial charge < -0.3 is 19.5 Å². The Labute approximate surface area is 135 Å². The Balaban J connectivity index is 1.54. The average molecular weight is 313 g/mol. The van der Waals surface area contributed by atoms with Crippen molar-refractivity contribution in [2.75, 3.05) is 25.6 Å². The molecule has 0 saturated heterocycles. The maximum atomic E-state index is 12.0. The number of rotatable bonds is 5. The summed E-state index contributed by atoms with van der Waals surface area (Å²) in [4.78, 5) is 12.0. The normalized spacial score (nSPS) is 12.6. The van der Waals surface area contributed by atoms with Crippen LogP contribution in [0, 0.1) is 0 Å². The predicted octanol–water partition coefficient (Wildman–Crippen LogP) is 3.04. The molecule has 1 amide bonds. The first-order chi connectivity index (χ1) is 11.2. The Morgan fingerprint density at radius 3 is 2.57 bits per heavy atom. The summed E-state index contributed by atoms with van der Waals surface area (Å²) in [6, 6.07) is 13.1. The summed E-state index contributed by atoms with van der Waals surface area (Å²) in [7, 11) is 1.61. The van der Waals surface area contributed by atoms with Gasteiger partial charge in [-0.3, -0.25) is 4.79 Å². The molecule has 1 heterocycles. The molecule has 1 aliphatic rings. The van der Waals surface area contributed by atoms with Gasteiger partial charge >= 0.3 is 0 Å². The molecule has 0 radical (unpaired) electrons. The number of hydrogen-bond acceptors (Lipinski definition) is 4. The Hall–Kier alpha value is -2.69. The lowest BCUT2D eigenvalue weighted by atomic mass is 10.1. The molecule has 120 valence electrons. The second-order valence-electron chi connectivity index (χ2n) is 5.25. The van der Waals surface area contributed by atoms with Gasteiger partial charge in [0.15, 0.2) is 11.5 Å². The zero-order valence-corrected chi connectivity index (χ0v) is 13.0. The molecular formula is C18H19NO4. The van der Waals surface area contributed by atoms with Crippen molar-refractivity contribution >= 4 is 11.6 Å². The third-order valence-corrected chi connectivity index (χ3v) is 3.62. The van der Waals surface area contributed by atoms with Crippen molar-refractivity contribution in [3.63, 3.8) is 0 Å². The molecule has 0 atom stereocenters. The van der Waals surface area contributed by atoms with Crippen molar-refractivity contribution < 1.29 is 19.0 Å². The highest BCUT2D eigenvalue weighted by Gasteiger charge is 2.12. The van der Waals surface area contributed by atoms with E-state index in [2.05, 4.69) is 5.32 Å². The van der Waals surface area contributed by atoms with Gasteiger partial charge in [-0.1, -0.05) is 6.07 Å². The fourth-order valence-electron chi connectivity index (χ4n) is 2.40. The van der Waals surface area contributed by atoms with Gasteiger partial charge in [-0.2, -0.15) is 0 Å². The van der Waals surface area contributed by atoms with Crippen LogP contribution in [0.5, 0.6) is 17.2 Å². The third-order valence-electron chi connectivity index (χ3n) is 3.62. The lowest BCUT2D eigenvalue weighted by Crippen LogP contribution is -2.15. The highest BCUT2D eigenvalue weighted by Crippen LogP contribution is 2.31. The summed E-state index contributed by atoms with van der Waals surface area (Å²) in [6.07, 6.45) is 1.06. The minimum absolute atomic E-state index is 0.0231. The molecule has 0 aliphatic carbocycles. The fraction of sp³-hybridized carbons (Fsp3) is 0.278. The molecule has 23 heavy (non-hydrogen) atoms. The van der Waals surface area contributed by atoms with Gasteiger partial charge in [-0.25, -0.2) is 0 Å². The standard InChI is InChI=1S/C18H19NO4/c1-21-15-6-4-14(5-7-15)19-18(20)9-3-13-2-8-16-17(12-13)23-11-10-22-16/h2,4-8,12H,3,9-11H2,1H3,(H,19,20). The van der Waals surface area contributed by atoms with E-state index in [0.717, 1.165) is 28.5 Å². The molecule has 5 nitrogen and oxygen atoms in total. The summed E-state index contributed by atoms with van der Waals surface area (Å²) in [5, 5.41) is 2.88. The number of hydrogen-bond donors (Lipinski definition) is 1. The SMILES string of the molecule is COc1ccc(NC(=O)CCc2ccc3c(c2)OCCO3)cc1. The van der Waals surface area contributed by atoms with Gasteiger partial charge in [-0.15, -0.1) is 0 Å². The van der Waals surface area contributed by atoms with Crippen LogP contribution in [0.25, 0.3) is 0 Å². The molecule has 1 N–H and O–H groups in total. The molecule has 2 aromatic rings. The monoisotopic (exact) mass is 313 g/mol. The lowest BCUT2D eigenvalue weighted by Gasteiger charge is -2.18. The number of carbonyl (C=O) groups is 1. The molecular weight excluding hydrogens is 294 g/mol. The zero-order valence-electron chi connectivity index (χ0n) is 13.0. The van der Waals surface area contributed by atoms with E-state index < -0.39 is 0 Å². The van der Waals surface area contributed by atoms with Gasteiger partial charge in [0, 0.05) is 12.1 Å². The maximum absolute atomic E-state index is 12.0. The summed E-state index contributed by atoms with van der Waals surface area (Å²) in [6.45, 7) is 1.14. The van der Waals surface area contributed by atoms with Gasteiger partial charge in [0.25, 0.3) is 0 Å². The van der Waals surface area contributed by atoms with Crippen LogP contribution in [-0.4, -0.2) is 26.2 Å². The van der Waals surface area contributed by atoms with Crippen LogP contribution in [-0.2, 0) is 11.2 Å². The van der Waals surface area contributed by atoms with Gasteiger partial charge in [0.2, 0.25) is 5.91 Å². The van der Waals surface area contributed by atoms with E-state index >= 15 is 0 Å². The highest BCUT2D eigenvalue weighted by molar-refractivity contribution is 5.90. The van der Waals surface area contributed by atoms with E-state index in [-0.39, 0.29) is 5.91 Å². The van der Waals surface area contributed by atoms with Crippen LogP contribution in [0.2, 0.25) is 0 Å². The van der Waals surface area contributed by atoms with Crippen molar-refractivity contribution in [1.29, 1.82) is 0 Å². The second kappa shape index (κ2) is 7.05. The molecule has 0 fully saturated rings. The Kier molecular flexibility index (Phi) is 4.66. The first kappa shape index (κ1) is 15.2. The van der Waals surface area contributed by atoms with E-state index in [9.17, 15) is 4.79 Å². The van der Waals surface area contributed by atoms with Crippen LogP contribution >= 0.6 is 0 Å². The minimum atomic E-state index is -0.0231. The fourth-order valence-corrected chi connectivity index (χ4v) is 2.40. The minimum Gasteiger partial charge on any atom is -0.497 e. The Morgan fingerprint density at radius 2 is 1.83 bits per heavy atom. The van der Waals surface area contributed by atoms with Crippen molar-refractivity contribution in [3.05, 3.63) is 48.0 Å². The van der Waals surface area contributed by atoms with Gasteiger partial charge in [0.05, 0.1) is 7.11 Å². The number of fused-ring (bicyclic) bond motifs is 1. The maximum Gasteiger partial charge on any atom is 0.224 e. The summed E-state index contributed by atoms with van der Waals surface area (Å²) in [5.41, 5.74) is 1.82. The molecule has 0 spiro atoms. The number of carbonyl (C=O) groups excluding carboxylic acids is 1. The van der Waals surface area contributed by atoms with Crippen molar-refractivity contribution in [1.82, 2.24) is 0 Å². The number of methoxy groups -OCH3 is 1. The molecule has 3 rings (SSSR count). The number of amides is 1.